The summed E-state index contributed by atoms with van der Waals surface area (Å²) < 4.78 is 12.4. The van der Waals surface area contributed by atoms with Gasteiger partial charge in [-0.05, 0) is 37.6 Å². The van der Waals surface area contributed by atoms with Gasteiger partial charge in [-0.1, -0.05) is 89.1 Å². The molecule has 2 atom stereocenters. The van der Waals surface area contributed by atoms with Crippen molar-refractivity contribution in [2.45, 2.75) is 32.5 Å². The number of para-hydroxylation sites is 1. The van der Waals surface area contributed by atoms with Crippen molar-refractivity contribution in [2.24, 2.45) is 5.10 Å². The Hall–Kier alpha value is -4.38. The average Bonchev–Trinajstić information content (AvgIpc) is 3.54. The summed E-state index contributed by atoms with van der Waals surface area (Å²) in [6, 6.07) is 31.6. The largest absolute Gasteiger partial charge is 0.464 e. The smallest absolute Gasteiger partial charge is 0.213 e. The van der Waals surface area contributed by atoms with Crippen LogP contribution < -0.4 is 4.74 Å². The third kappa shape index (κ3) is 3.39. The van der Waals surface area contributed by atoms with Crippen LogP contribution in [0.25, 0.3) is 22.2 Å². The molecule has 0 amide bonds. The van der Waals surface area contributed by atoms with E-state index in [-0.39, 0.29) is 12.3 Å². The molecule has 4 aromatic carbocycles. The van der Waals surface area contributed by atoms with Gasteiger partial charge in [-0.3, -0.25) is 0 Å². The minimum atomic E-state index is -0.349. The van der Waals surface area contributed by atoms with Gasteiger partial charge in [0.25, 0.3) is 0 Å². The molecule has 176 valence electrons. The maximum Gasteiger partial charge on any atom is 0.213 e. The number of hydrogen-bond donors (Lipinski definition) is 0. The molecule has 0 spiro atoms. The molecule has 0 N–H and O–H groups in total. The lowest BCUT2D eigenvalue weighted by molar-refractivity contribution is -0.0189. The molecule has 5 nitrogen and oxygen atoms in total. The average molecular weight is 472 g/mol. The molecule has 0 aliphatic carbocycles. The minimum absolute atomic E-state index is 0.117. The zero-order valence-electron chi connectivity index (χ0n) is 20.2. The van der Waals surface area contributed by atoms with Crippen molar-refractivity contribution in [3.8, 4) is 17.1 Å². The van der Waals surface area contributed by atoms with E-state index in [1.54, 1.807) is 0 Å². The first-order valence-corrected chi connectivity index (χ1v) is 12.3. The van der Waals surface area contributed by atoms with E-state index in [2.05, 4.69) is 103 Å². The third-order valence-corrected chi connectivity index (χ3v) is 7.18. The van der Waals surface area contributed by atoms with Crippen LogP contribution in [0.4, 0.5) is 0 Å². The summed E-state index contributed by atoms with van der Waals surface area (Å²) in [6.07, 6.45) is 0.488. The SMILES string of the molecule is Cc1ccc(C2=NN3[C@@H](c4ccc5noc(-c6ccc(C)cc6)c5c4)Oc4ccccc4[C@@H]3C2)cc1. The minimum Gasteiger partial charge on any atom is -0.464 e. The number of fused-ring (bicyclic) bond motifs is 4. The van der Waals surface area contributed by atoms with E-state index in [0.29, 0.717) is 0 Å². The normalized spacial score (nSPS) is 18.5. The Bertz CT molecular complexity index is 1620. The van der Waals surface area contributed by atoms with Gasteiger partial charge in [-0.15, -0.1) is 0 Å². The molecule has 1 aromatic heterocycles. The molecule has 3 heterocycles. The van der Waals surface area contributed by atoms with Crippen LogP contribution in [0.1, 0.15) is 46.5 Å². The monoisotopic (exact) mass is 471 g/mol. The second kappa shape index (κ2) is 8.09. The number of ether oxygens (including phenoxy) is 1. The molecule has 5 heteroatoms. The summed E-state index contributed by atoms with van der Waals surface area (Å²) in [6.45, 7) is 4.19. The molecular formula is C31H25N3O2. The van der Waals surface area contributed by atoms with Crippen LogP contribution in [0.2, 0.25) is 0 Å². The van der Waals surface area contributed by atoms with E-state index < -0.39 is 0 Å². The highest BCUT2D eigenvalue weighted by molar-refractivity contribution is 6.02. The zero-order chi connectivity index (χ0) is 24.2. The Morgan fingerprint density at radius 2 is 1.53 bits per heavy atom. The van der Waals surface area contributed by atoms with Crippen LogP contribution in [0.3, 0.4) is 0 Å². The van der Waals surface area contributed by atoms with Crippen molar-refractivity contribution in [1.82, 2.24) is 10.2 Å². The highest BCUT2D eigenvalue weighted by Gasteiger charge is 2.41. The molecule has 0 bridgehead atoms. The van der Waals surface area contributed by atoms with Crippen molar-refractivity contribution in [2.75, 3.05) is 0 Å². The lowest BCUT2D eigenvalue weighted by atomic mass is 9.95. The molecule has 5 aromatic rings. The maximum absolute atomic E-state index is 6.59. The summed E-state index contributed by atoms with van der Waals surface area (Å²) in [4.78, 5) is 0. The van der Waals surface area contributed by atoms with Crippen LogP contribution in [0.15, 0.2) is 101 Å². The quantitative estimate of drug-likeness (QED) is 0.276. The van der Waals surface area contributed by atoms with Gasteiger partial charge < -0.3 is 9.26 Å². The Balaban J connectivity index is 1.33. The van der Waals surface area contributed by atoms with Crippen molar-refractivity contribution in [1.29, 1.82) is 0 Å². The number of rotatable bonds is 3. The predicted octanol–water partition coefficient (Wildman–Crippen LogP) is 7.35. The highest BCUT2D eigenvalue weighted by Crippen LogP contribution is 2.48. The zero-order valence-corrected chi connectivity index (χ0v) is 20.2. The Kier molecular flexibility index (Phi) is 4.71. The predicted molar refractivity (Wildman–Crippen MR) is 141 cm³/mol. The van der Waals surface area contributed by atoms with Gasteiger partial charge >= 0.3 is 0 Å². The van der Waals surface area contributed by atoms with E-state index >= 15 is 0 Å². The lowest BCUT2D eigenvalue weighted by Gasteiger charge is -2.38. The molecule has 2 aliphatic heterocycles. The van der Waals surface area contributed by atoms with Crippen LogP contribution in [-0.2, 0) is 0 Å². The fourth-order valence-corrected chi connectivity index (χ4v) is 5.20. The van der Waals surface area contributed by atoms with Crippen molar-refractivity contribution in [3.05, 3.63) is 119 Å². The molecular weight excluding hydrogens is 446 g/mol. The van der Waals surface area contributed by atoms with Crippen molar-refractivity contribution in [3.63, 3.8) is 0 Å². The standard InChI is InChI=1S/C31H25N3O2/c1-19-7-11-21(12-8-19)27-18-28-24-5-3-4-6-29(24)35-31(34(28)32-27)23-15-16-26-25(17-23)30(36-33-26)22-13-9-20(2)10-14-22/h3-17,28,31H,18H2,1-2H3/t28-,31+/m0/s1. The molecule has 2 aliphatic rings. The van der Waals surface area contributed by atoms with E-state index in [9.17, 15) is 0 Å². The fraction of sp³-hybridized carbons (Fsp3) is 0.161. The van der Waals surface area contributed by atoms with Crippen LogP contribution >= 0.6 is 0 Å². The molecule has 0 saturated carbocycles. The lowest BCUT2D eigenvalue weighted by Crippen LogP contribution is -2.33. The second-order valence-electron chi connectivity index (χ2n) is 9.67. The van der Waals surface area contributed by atoms with Crippen LogP contribution in [-0.4, -0.2) is 15.9 Å². The summed E-state index contributed by atoms with van der Waals surface area (Å²) in [5, 5.41) is 12.5. The van der Waals surface area contributed by atoms with E-state index in [4.69, 9.17) is 14.4 Å². The molecule has 0 radical (unpaired) electrons. The molecule has 7 rings (SSSR count). The van der Waals surface area contributed by atoms with Gasteiger partial charge in [0.1, 0.15) is 11.3 Å². The Morgan fingerprint density at radius 3 is 2.31 bits per heavy atom. The second-order valence-corrected chi connectivity index (χ2v) is 9.67. The van der Waals surface area contributed by atoms with E-state index in [1.165, 1.54) is 16.7 Å². The van der Waals surface area contributed by atoms with Gasteiger partial charge in [-0.25, -0.2) is 5.01 Å². The van der Waals surface area contributed by atoms with Gasteiger partial charge in [0.15, 0.2) is 5.76 Å². The summed E-state index contributed by atoms with van der Waals surface area (Å²) in [5.74, 6) is 1.68. The van der Waals surface area contributed by atoms with Crippen LogP contribution in [0, 0.1) is 13.8 Å². The molecule has 0 saturated heterocycles. The van der Waals surface area contributed by atoms with Gasteiger partial charge in [0.05, 0.1) is 17.1 Å². The molecule has 36 heavy (non-hydrogen) atoms. The van der Waals surface area contributed by atoms with E-state index in [0.717, 1.165) is 51.2 Å². The summed E-state index contributed by atoms with van der Waals surface area (Å²) >= 11 is 0. The topological polar surface area (TPSA) is 50.9 Å². The number of benzene rings is 4. The van der Waals surface area contributed by atoms with Gasteiger partial charge in [-0.2, -0.15) is 5.10 Å². The van der Waals surface area contributed by atoms with Gasteiger partial charge in [0.2, 0.25) is 6.23 Å². The summed E-state index contributed by atoms with van der Waals surface area (Å²) in [5.41, 5.74) is 8.71. The first-order chi connectivity index (χ1) is 17.6. The number of nitrogens with zero attached hydrogens (tertiary/aromatic N) is 3. The Morgan fingerprint density at radius 1 is 0.806 bits per heavy atom. The highest BCUT2D eigenvalue weighted by atomic mass is 16.5. The number of hydrogen-bond acceptors (Lipinski definition) is 5. The number of aryl methyl sites for hydroxylation is 2. The van der Waals surface area contributed by atoms with Gasteiger partial charge in [0, 0.05) is 23.1 Å². The maximum atomic E-state index is 6.59. The van der Waals surface area contributed by atoms with Crippen molar-refractivity contribution < 1.29 is 9.26 Å². The molecule has 0 unspecified atom stereocenters. The number of aromatic nitrogens is 1. The fourth-order valence-electron chi connectivity index (χ4n) is 5.20. The third-order valence-electron chi connectivity index (χ3n) is 7.18. The van der Waals surface area contributed by atoms with Crippen LogP contribution in [0.5, 0.6) is 5.75 Å². The molecule has 0 fully saturated rings. The van der Waals surface area contributed by atoms with E-state index in [1.807, 2.05) is 12.1 Å². The first-order valence-electron chi connectivity index (χ1n) is 12.3. The Labute approximate surface area is 209 Å². The first kappa shape index (κ1) is 20.9. The summed E-state index contributed by atoms with van der Waals surface area (Å²) in [7, 11) is 0. The number of hydrazone groups is 1. The van der Waals surface area contributed by atoms with Crippen molar-refractivity contribution >= 4 is 16.6 Å².